The van der Waals surface area contributed by atoms with Crippen molar-refractivity contribution in [1.29, 1.82) is 5.41 Å². The number of aromatic nitrogens is 2. The van der Waals surface area contributed by atoms with Crippen molar-refractivity contribution in [3.63, 3.8) is 0 Å². The molecule has 0 bridgehead atoms. The normalized spacial score (nSPS) is 27.6. The van der Waals surface area contributed by atoms with Crippen LogP contribution in [0, 0.1) is 52.8 Å². The van der Waals surface area contributed by atoms with E-state index in [1.54, 1.807) is 23.8 Å². The maximum Gasteiger partial charge on any atom is 0.361 e. The van der Waals surface area contributed by atoms with Crippen LogP contribution in [-0.4, -0.2) is 47.9 Å². The summed E-state index contributed by atoms with van der Waals surface area (Å²) in [7, 11) is 1.33. The minimum absolute atomic E-state index is 0.00503. The molecule has 7 atom stereocenters. The third kappa shape index (κ3) is 9.51. The maximum atomic E-state index is 13.4. The lowest BCUT2D eigenvalue weighted by Gasteiger charge is -2.40. The Hall–Kier alpha value is -3.01. The zero-order valence-electron chi connectivity index (χ0n) is 25.4. The van der Waals surface area contributed by atoms with Crippen LogP contribution in [-0.2, 0) is 19.1 Å². The van der Waals surface area contributed by atoms with E-state index in [0.29, 0.717) is 47.0 Å². The van der Waals surface area contributed by atoms with Crippen molar-refractivity contribution in [2.45, 2.75) is 79.1 Å². The van der Waals surface area contributed by atoms with Gasteiger partial charge in [-0.25, -0.2) is 4.79 Å². The smallest absolute Gasteiger partial charge is 0.361 e. The minimum Gasteiger partial charge on any atom is -0.465 e. The molecule has 0 aliphatic heterocycles. The molecular weight excluding hydrogens is 520 g/mol. The molecule has 2 fully saturated rings. The molecule has 10 nitrogen and oxygen atoms in total. The van der Waals surface area contributed by atoms with Crippen LogP contribution in [0.1, 0.15) is 79.1 Å². The van der Waals surface area contributed by atoms with Crippen LogP contribution in [0.25, 0.3) is 0 Å². The van der Waals surface area contributed by atoms with Crippen LogP contribution < -0.4 is 16.0 Å². The van der Waals surface area contributed by atoms with Crippen LogP contribution in [0.3, 0.4) is 0 Å². The van der Waals surface area contributed by atoms with Gasteiger partial charge in [0.15, 0.2) is 6.54 Å². The Balaban J connectivity index is 1.59. The number of H-pyrrole nitrogens is 1. The van der Waals surface area contributed by atoms with E-state index in [0.717, 1.165) is 57.6 Å². The van der Waals surface area contributed by atoms with Gasteiger partial charge in [0, 0.05) is 24.1 Å². The van der Waals surface area contributed by atoms with E-state index in [1.165, 1.54) is 7.11 Å². The number of rotatable bonds is 13. The quantitative estimate of drug-likeness (QED) is 0.180. The van der Waals surface area contributed by atoms with Crippen LogP contribution in [0.2, 0.25) is 0 Å². The van der Waals surface area contributed by atoms with Crippen LogP contribution in [0.5, 0.6) is 0 Å². The summed E-state index contributed by atoms with van der Waals surface area (Å²) in [6, 6.07) is 1.78. The molecule has 2 aliphatic rings. The Morgan fingerprint density at radius 1 is 1.12 bits per heavy atom. The molecule has 228 valence electrons. The second-order valence-corrected chi connectivity index (χ2v) is 12.7. The number of carbonyl (C=O) groups is 3. The second kappa shape index (κ2) is 15.8. The van der Waals surface area contributed by atoms with Gasteiger partial charge in [-0.2, -0.15) is 5.10 Å². The molecular formula is C31H51N6O4+. The number of quaternary nitrogens is 1. The zero-order valence-corrected chi connectivity index (χ0v) is 25.4. The summed E-state index contributed by atoms with van der Waals surface area (Å²) in [6.07, 6.45) is 12.6. The number of ether oxygens (including phenoxy) is 1. The number of esters is 1. The van der Waals surface area contributed by atoms with E-state index in [-0.39, 0.29) is 36.2 Å². The SMILES string of the molecule is COC(=O)C[NH2+]/C=C(\C=N)NC(=O)[C@@H]1C[C@H](CCC(C)[C@@H]2CC[C@@H](C)C[C@H]2C(=O)Nc2ccn[nH]2)CC[C@H]1C(C)C. The van der Waals surface area contributed by atoms with Gasteiger partial charge in [-0.05, 0) is 61.2 Å². The van der Waals surface area contributed by atoms with E-state index in [4.69, 9.17) is 5.41 Å². The molecule has 1 unspecified atom stereocenters. The van der Waals surface area contributed by atoms with Gasteiger partial charge < -0.3 is 26.1 Å². The Morgan fingerprint density at radius 2 is 1.85 bits per heavy atom. The lowest BCUT2D eigenvalue weighted by molar-refractivity contribution is -0.578. The molecule has 0 saturated heterocycles. The highest BCUT2D eigenvalue weighted by Crippen LogP contribution is 2.43. The number of allylic oxidation sites excluding steroid dienone is 1. The molecule has 2 aliphatic carbocycles. The highest BCUT2D eigenvalue weighted by molar-refractivity contribution is 5.92. The molecule has 0 radical (unpaired) electrons. The summed E-state index contributed by atoms with van der Waals surface area (Å²) in [5.41, 5.74) is 0.378. The third-order valence-electron chi connectivity index (χ3n) is 9.46. The monoisotopic (exact) mass is 571 g/mol. The first-order valence-electron chi connectivity index (χ1n) is 15.3. The molecule has 1 heterocycles. The summed E-state index contributed by atoms with van der Waals surface area (Å²) in [6.45, 7) is 9.00. The molecule has 2 amide bonds. The van der Waals surface area contributed by atoms with Crippen molar-refractivity contribution in [1.82, 2.24) is 15.5 Å². The first kappa shape index (κ1) is 32.5. The van der Waals surface area contributed by atoms with E-state index >= 15 is 0 Å². The van der Waals surface area contributed by atoms with E-state index < -0.39 is 0 Å². The van der Waals surface area contributed by atoms with Gasteiger partial charge in [-0.1, -0.05) is 53.4 Å². The van der Waals surface area contributed by atoms with Crippen LogP contribution >= 0.6 is 0 Å². The van der Waals surface area contributed by atoms with E-state index in [1.807, 2.05) is 0 Å². The zero-order chi connectivity index (χ0) is 29.9. The molecule has 2 saturated carbocycles. The average Bonchev–Trinajstić information content (AvgIpc) is 3.47. The van der Waals surface area contributed by atoms with Gasteiger partial charge in [-0.3, -0.25) is 14.7 Å². The number of nitrogens with two attached hydrogens (primary N) is 1. The maximum absolute atomic E-state index is 13.4. The van der Waals surface area contributed by atoms with Crippen molar-refractivity contribution in [3.05, 3.63) is 24.2 Å². The molecule has 3 rings (SSSR count). The molecule has 41 heavy (non-hydrogen) atoms. The van der Waals surface area contributed by atoms with E-state index in [2.05, 4.69) is 53.3 Å². The number of anilines is 1. The van der Waals surface area contributed by atoms with Gasteiger partial charge in [0.05, 0.1) is 13.3 Å². The first-order valence-corrected chi connectivity index (χ1v) is 15.3. The highest BCUT2D eigenvalue weighted by Gasteiger charge is 2.39. The number of nitrogens with one attached hydrogen (secondary N) is 4. The van der Waals surface area contributed by atoms with Gasteiger partial charge in [0.1, 0.15) is 17.7 Å². The Morgan fingerprint density at radius 3 is 2.51 bits per heavy atom. The lowest BCUT2D eigenvalue weighted by Crippen LogP contribution is -2.80. The number of hydrogen-bond acceptors (Lipinski definition) is 6. The molecule has 0 aromatic carbocycles. The van der Waals surface area contributed by atoms with Crippen molar-refractivity contribution in [2.24, 2.45) is 47.3 Å². The summed E-state index contributed by atoms with van der Waals surface area (Å²) in [5, 5.41) is 22.1. The topological polar surface area (TPSA) is 154 Å². The molecule has 0 spiro atoms. The van der Waals surface area contributed by atoms with Crippen molar-refractivity contribution >= 4 is 29.8 Å². The van der Waals surface area contributed by atoms with E-state index in [9.17, 15) is 14.4 Å². The third-order valence-corrected chi connectivity index (χ3v) is 9.46. The van der Waals surface area contributed by atoms with Gasteiger partial charge in [0.2, 0.25) is 11.8 Å². The number of carbonyl (C=O) groups excluding carboxylic acids is 3. The standard InChI is InChI=1S/C31H50N6O4/c1-19(2)24-11-9-22(15-27(24)30(39)35-23(16-32)17-33-18-29(38)41-5)8-7-21(4)25-10-6-20(3)14-26(25)31(40)36-28-12-13-34-37-28/h12-13,16-17,19-22,24-27,32-33H,6-11,14-15,18H2,1-5H3,(H,35,39)(H2,34,36,37,40)/p+1/b23-17+,32-16?/t20-,21?,22-,24+,25+,26-,27-/m1/s1. The molecule has 1 aromatic rings. The highest BCUT2D eigenvalue weighted by atomic mass is 16.5. The largest absolute Gasteiger partial charge is 0.465 e. The predicted molar refractivity (Wildman–Crippen MR) is 159 cm³/mol. The number of aromatic amines is 1. The number of methoxy groups -OCH3 is 1. The van der Waals surface area contributed by atoms with Crippen molar-refractivity contribution in [2.75, 3.05) is 19.0 Å². The van der Waals surface area contributed by atoms with Gasteiger partial charge >= 0.3 is 5.97 Å². The Bertz CT molecular complexity index is 1040. The summed E-state index contributed by atoms with van der Waals surface area (Å²) in [4.78, 5) is 38.1. The Labute approximate surface area is 244 Å². The number of hydrogen-bond donors (Lipinski definition) is 5. The first-order chi connectivity index (χ1) is 19.6. The number of amides is 2. The molecule has 6 N–H and O–H groups in total. The van der Waals surface area contributed by atoms with Crippen molar-refractivity contribution in [3.8, 4) is 0 Å². The van der Waals surface area contributed by atoms with Crippen LogP contribution in [0.4, 0.5) is 5.82 Å². The lowest BCUT2D eigenvalue weighted by atomic mass is 9.66. The van der Waals surface area contributed by atoms with Gasteiger partial charge in [0.25, 0.3) is 0 Å². The van der Waals surface area contributed by atoms with Gasteiger partial charge in [-0.15, -0.1) is 0 Å². The fraction of sp³-hybridized carbons (Fsp3) is 0.710. The predicted octanol–water partition coefficient (Wildman–Crippen LogP) is 3.85. The fourth-order valence-electron chi connectivity index (χ4n) is 7.02. The molecule has 1 aromatic heterocycles. The fourth-order valence-corrected chi connectivity index (χ4v) is 7.02. The molecule has 10 heteroatoms. The van der Waals surface area contributed by atoms with Crippen molar-refractivity contribution < 1.29 is 24.4 Å². The second-order valence-electron chi connectivity index (χ2n) is 12.7. The Kier molecular flexibility index (Phi) is 12.6. The summed E-state index contributed by atoms with van der Waals surface area (Å²) >= 11 is 0. The van der Waals surface area contributed by atoms with Crippen LogP contribution in [0.15, 0.2) is 24.2 Å². The summed E-state index contributed by atoms with van der Waals surface area (Å²) < 4.78 is 4.65. The minimum atomic E-state index is -0.367. The number of nitrogens with zero attached hydrogens (tertiary/aromatic N) is 1. The summed E-state index contributed by atoms with van der Waals surface area (Å²) in [5.74, 6) is 2.67. The average molecular weight is 572 g/mol.